The third-order valence-electron chi connectivity index (χ3n) is 4.90. The van der Waals surface area contributed by atoms with Gasteiger partial charge in [-0.15, -0.1) is 0 Å². The summed E-state index contributed by atoms with van der Waals surface area (Å²) in [4.78, 5) is 21.1. The topological polar surface area (TPSA) is 118 Å². The fraction of sp³-hybridized carbons (Fsp3) is 0.381. The van der Waals surface area contributed by atoms with Gasteiger partial charge in [0.2, 0.25) is 5.88 Å². The maximum absolute atomic E-state index is 13.7. The molecule has 1 unspecified atom stereocenters. The molecule has 2 aromatic rings. The summed E-state index contributed by atoms with van der Waals surface area (Å²) >= 11 is 0. The summed E-state index contributed by atoms with van der Waals surface area (Å²) in [6.07, 6.45) is 1.83. The van der Waals surface area contributed by atoms with Crippen molar-refractivity contribution in [1.29, 1.82) is 0 Å². The van der Waals surface area contributed by atoms with E-state index in [0.29, 0.717) is 5.56 Å². The predicted octanol–water partition coefficient (Wildman–Crippen LogP) is 2.36. The molecule has 1 amide bonds. The Bertz CT molecular complexity index is 1070. The Kier molecular flexibility index (Phi) is 7.52. The number of ether oxygens (including phenoxy) is 1. The molecular formula is C21H23F2N3O5S. The lowest BCUT2D eigenvalue weighted by Gasteiger charge is -2.12. The highest BCUT2D eigenvalue weighted by Crippen LogP contribution is 2.34. The van der Waals surface area contributed by atoms with E-state index in [9.17, 15) is 22.0 Å². The van der Waals surface area contributed by atoms with Crippen LogP contribution >= 0.6 is 0 Å². The Morgan fingerprint density at radius 2 is 1.84 bits per heavy atom. The van der Waals surface area contributed by atoms with E-state index in [1.807, 2.05) is 0 Å². The van der Waals surface area contributed by atoms with Gasteiger partial charge in [0.05, 0.1) is 23.9 Å². The summed E-state index contributed by atoms with van der Waals surface area (Å²) in [7, 11) is -3.43. The van der Waals surface area contributed by atoms with Gasteiger partial charge in [-0.1, -0.05) is 18.2 Å². The number of allylic oxidation sites excluding steroid dienone is 1. The summed E-state index contributed by atoms with van der Waals surface area (Å²) < 4.78 is 55.9. The monoisotopic (exact) mass is 467 g/mol. The Balaban J connectivity index is 1.85. The molecule has 1 aromatic heterocycles. The van der Waals surface area contributed by atoms with Crippen LogP contribution in [0.3, 0.4) is 0 Å². The van der Waals surface area contributed by atoms with E-state index in [2.05, 4.69) is 15.3 Å². The van der Waals surface area contributed by atoms with Gasteiger partial charge in [0, 0.05) is 11.8 Å². The van der Waals surface area contributed by atoms with Crippen LogP contribution in [-0.4, -0.2) is 61.2 Å². The number of rotatable bonds is 8. The van der Waals surface area contributed by atoms with Crippen LogP contribution in [0.2, 0.25) is 0 Å². The minimum atomic E-state index is -3.43. The minimum Gasteiger partial charge on any atom is -0.474 e. The number of sulfone groups is 1. The van der Waals surface area contributed by atoms with Gasteiger partial charge in [0.25, 0.3) is 5.91 Å². The Hall–Kier alpha value is -2.92. The third-order valence-corrected chi connectivity index (χ3v) is 6.03. The number of carbonyl (C=O) groups is 1. The van der Waals surface area contributed by atoms with Gasteiger partial charge in [-0.05, 0) is 36.5 Å². The molecule has 172 valence electrons. The number of carbonyl (C=O) groups excluding carboxylic acids is 1. The lowest BCUT2D eigenvalue weighted by molar-refractivity contribution is -0.111. The maximum atomic E-state index is 13.7. The second-order valence-electron chi connectivity index (χ2n) is 7.41. The highest BCUT2D eigenvalue weighted by Gasteiger charge is 2.34. The molecule has 1 heterocycles. The number of aliphatic hydroxyl groups is 1. The van der Waals surface area contributed by atoms with Gasteiger partial charge < -0.3 is 15.2 Å². The number of alkyl halides is 2. The first kappa shape index (κ1) is 23.7. The van der Waals surface area contributed by atoms with Crippen LogP contribution in [0.5, 0.6) is 5.88 Å². The Morgan fingerprint density at radius 1 is 1.19 bits per heavy atom. The maximum Gasteiger partial charge on any atom is 0.257 e. The number of hydrogen-bond donors (Lipinski definition) is 2. The zero-order valence-corrected chi connectivity index (χ0v) is 18.1. The van der Waals surface area contributed by atoms with Crippen LogP contribution in [0, 0.1) is 5.92 Å². The van der Waals surface area contributed by atoms with Gasteiger partial charge in [0.1, 0.15) is 19.0 Å². The largest absolute Gasteiger partial charge is 0.474 e. The van der Waals surface area contributed by atoms with E-state index < -0.39 is 34.0 Å². The molecule has 1 fully saturated rings. The SMILES string of the molecule is CS(=O)(=O)c1ccc(/C(=C\C2C[C@@H](F)[C@@H](F)C2)C(=O)Nc2cnc(OCCO)cn2)cc1. The first-order valence-electron chi connectivity index (χ1n) is 9.85. The molecule has 0 spiro atoms. The van der Waals surface area contributed by atoms with E-state index in [4.69, 9.17) is 9.84 Å². The van der Waals surface area contributed by atoms with E-state index in [1.165, 1.54) is 42.7 Å². The van der Waals surface area contributed by atoms with Gasteiger partial charge >= 0.3 is 0 Å². The van der Waals surface area contributed by atoms with Crippen molar-refractivity contribution in [3.63, 3.8) is 0 Å². The molecule has 32 heavy (non-hydrogen) atoms. The van der Waals surface area contributed by atoms with E-state index >= 15 is 0 Å². The fourth-order valence-corrected chi connectivity index (χ4v) is 3.95. The predicted molar refractivity (Wildman–Crippen MR) is 113 cm³/mol. The normalized spacial score (nSPS) is 21.4. The molecule has 3 rings (SSSR count). The molecule has 0 saturated heterocycles. The molecule has 0 aliphatic heterocycles. The van der Waals surface area contributed by atoms with Crippen LogP contribution < -0.4 is 10.1 Å². The Labute approximate surface area is 184 Å². The van der Waals surface area contributed by atoms with Gasteiger partial charge in [-0.25, -0.2) is 27.2 Å². The molecule has 1 aliphatic carbocycles. The van der Waals surface area contributed by atoms with Crippen LogP contribution in [0.1, 0.15) is 18.4 Å². The molecule has 0 radical (unpaired) electrons. The molecule has 1 saturated carbocycles. The van der Waals surface area contributed by atoms with Crippen molar-refractivity contribution >= 4 is 27.1 Å². The number of nitrogens with one attached hydrogen (secondary N) is 1. The Morgan fingerprint density at radius 3 is 2.38 bits per heavy atom. The smallest absolute Gasteiger partial charge is 0.257 e. The van der Waals surface area contributed by atoms with Gasteiger partial charge in [-0.3, -0.25) is 4.79 Å². The molecule has 2 N–H and O–H groups in total. The number of anilines is 1. The number of amides is 1. The van der Waals surface area contributed by atoms with Crippen molar-refractivity contribution < 1.29 is 31.8 Å². The summed E-state index contributed by atoms with van der Waals surface area (Å²) in [5.74, 6) is -0.801. The van der Waals surface area contributed by atoms with Crippen molar-refractivity contribution in [3.05, 3.63) is 48.3 Å². The quantitative estimate of drug-likeness (QED) is 0.572. The van der Waals surface area contributed by atoms with Crippen LogP contribution in [0.15, 0.2) is 47.6 Å². The van der Waals surface area contributed by atoms with Crippen molar-refractivity contribution in [2.45, 2.75) is 30.1 Å². The number of aromatic nitrogens is 2. The zero-order chi connectivity index (χ0) is 23.3. The number of halogens is 2. The molecule has 3 atom stereocenters. The molecule has 1 aromatic carbocycles. The second kappa shape index (κ2) is 10.1. The molecule has 0 bridgehead atoms. The van der Waals surface area contributed by atoms with Crippen molar-refractivity contribution in [3.8, 4) is 5.88 Å². The third kappa shape index (κ3) is 6.07. The standard InChI is InChI=1S/C21H23F2N3O5S/c1-32(29,30)15-4-2-14(3-5-15)16(8-13-9-17(22)18(23)10-13)21(28)26-19-11-25-20(12-24-19)31-7-6-27/h2-5,8,11-13,17-18,27H,6-7,9-10H2,1H3,(H,24,26,28)/b16-8+/t13?,17-,18+. The average Bonchev–Trinajstić information content (AvgIpc) is 3.08. The van der Waals surface area contributed by atoms with Crippen LogP contribution in [0.25, 0.3) is 5.57 Å². The number of aliphatic hydroxyl groups excluding tert-OH is 1. The van der Waals surface area contributed by atoms with Crippen molar-refractivity contribution in [2.75, 3.05) is 24.8 Å². The van der Waals surface area contributed by atoms with Gasteiger partial charge in [-0.2, -0.15) is 0 Å². The molecule has 8 nitrogen and oxygen atoms in total. The summed E-state index contributed by atoms with van der Waals surface area (Å²) in [5, 5.41) is 11.3. The fourth-order valence-electron chi connectivity index (χ4n) is 3.32. The highest BCUT2D eigenvalue weighted by atomic mass is 32.2. The first-order chi connectivity index (χ1) is 15.2. The van der Waals surface area contributed by atoms with E-state index in [1.54, 1.807) is 0 Å². The van der Waals surface area contributed by atoms with Crippen LogP contribution in [-0.2, 0) is 14.6 Å². The van der Waals surface area contributed by atoms with Crippen LogP contribution in [0.4, 0.5) is 14.6 Å². The molecule has 1 aliphatic rings. The first-order valence-corrected chi connectivity index (χ1v) is 11.7. The zero-order valence-electron chi connectivity index (χ0n) is 17.2. The lowest BCUT2D eigenvalue weighted by Crippen LogP contribution is -2.16. The summed E-state index contributed by atoms with van der Waals surface area (Å²) in [6.45, 7) is -0.143. The molecule has 11 heteroatoms. The summed E-state index contributed by atoms with van der Waals surface area (Å²) in [6, 6.07) is 5.66. The number of hydrogen-bond acceptors (Lipinski definition) is 7. The van der Waals surface area contributed by atoms with Gasteiger partial charge in [0.15, 0.2) is 15.7 Å². The number of benzene rings is 1. The minimum absolute atomic E-state index is 0.0449. The van der Waals surface area contributed by atoms with E-state index in [-0.39, 0.29) is 48.2 Å². The highest BCUT2D eigenvalue weighted by molar-refractivity contribution is 7.90. The average molecular weight is 467 g/mol. The number of nitrogens with zero attached hydrogens (tertiary/aromatic N) is 2. The van der Waals surface area contributed by atoms with Crippen molar-refractivity contribution in [1.82, 2.24) is 9.97 Å². The van der Waals surface area contributed by atoms with E-state index in [0.717, 1.165) is 6.26 Å². The second-order valence-corrected chi connectivity index (χ2v) is 9.42. The lowest BCUT2D eigenvalue weighted by atomic mass is 9.98. The summed E-state index contributed by atoms with van der Waals surface area (Å²) in [5.41, 5.74) is 0.530. The van der Waals surface area contributed by atoms with Crippen molar-refractivity contribution in [2.24, 2.45) is 5.92 Å². The molecular weight excluding hydrogens is 444 g/mol.